The van der Waals surface area contributed by atoms with Gasteiger partial charge in [0, 0.05) is 18.6 Å². The van der Waals surface area contributed by atoms with Gasteiger partial charge in [-0.3, -0.25) is 14.5 Å². The van der Waals surface area contributed by atoms with Crippen LogP contribution in [0, 0.1) is 17.8 Å². The summed E-state index contributed by atoms with van der Waals surface area (Å²) in [5.41, 5.74) is 0.627. The number of fused-ring (bicyclic) bond motifs is 4. The smallest absolute Gasteiger partial charge is 0.239 e. The Morgan fingerprint density at radius 3 is 2.54 bits per heavy atom. The average Bonchev–Trinajstić information content (AvgIpc) is 3.07. The standard InChI is InChI=1S/C19H22N2O3/c22-17-15-14-7-4-8-19(14,20-9-11-24-12-10-20)16(15)18(23)21(17)13-5-2-1-3-6-13/h1-3,5-6,14-16H,4,7-12H2. The molecule has 0 N–H and O–H groups in total. The molecule has 4 atom stereocenters. The molecule has 5 nitrogen and oxygen atoms in total. The van der Waals surface area contributed by atoms with Crippen molar-refractivity contribution >= 4 is 17.5 Å². The topological polar surface area (TPSA) is 49.9 Å². The van der Waals surface area contributed by atoms with E-state index in [1.165, 1.54) is 4.90 Å². The summed E-state index contributed by atoms with van der Waals surface area (Å²) in [6, 6.07) is 9.39. The zero-order valence-corrected chi connectivity index (χ0v) is 13.7. The second kappa shape index (κ2) is 5.14. The Hall–Kier alpha value is -1.72. The van der Waals surface area contributed by atoms with Crippen LogP contribution < -0.4 is 4.90 Å². The monoisotopic (exact) mass is 326 g/mol. The van der Waals surface area contributed by atoms with E-state index in [0.29, 0.717) is 5.92 Å². The second-order valence-electron chi connectivity index (χ2n) is 7.44. The van der Waals surface area contributed by atoms with Crippen molar-refractivity contribution in [1.82, 2.24) is 4.90 Å². The number of anilines is 1. The number of nitrogens with zero attached hydrogens (tertiary/aromatic N) is 2. The van der Waals surface area contributed by atoms with Crippen LogP contribution in [0.3, 0.4) is 0 Å². The van der Waals surface area contributed by atoms with Crippen molar-refractivity contribution in [3.8, 4) is 0 Å². The van der Waals surface area contributed by atoms with Crippen LogP contribution in [-0.4, -0.2) is 48.6 Å². The van der Waals surface area contributed by atoms with Gasteiger partial charge in [0.15, 0.2) is 0 Å². The number of morpholine rings is 1. The molecule has 2 saturated heterocycles. The number of hydrogen-bond donors (Lipinski definition) is 0. The van der Waals surface area contributed by atoms with Crippen molar-refractivity contribution in [1.29, 1.82) is 0 Å². The van der Waals surface area contributed by atoms with Gasteiger partial charge in [-0.25, -0.2) is 4.90 Å². The van der Waals surface area contributed by atoms with Crippen molar-refractivity contribution in [3.63, 3.8) is 0 Å². The van der Waals surface area contributed by atoms with E-state index in [9.17, 15) is 9.59 Å². The number of amides is 2. The Morgan fingerprint density at radius 1 is 1.04 bits per heavy atom. The molecule has 4 fully saturated rings. The van der Waals surface area contributed by atoms with Gasteiger partial charge in [-0.05, 0) is 30.9 Å². The largest absolute Gasteiger partial charge is 0.379 e. The van der Waals surface area contributed by atoms with Crippen LogP contribution in [0.1, 0.15) is 19.3 Å². The van der Waals surface area contributed by atoms with E-state index in [1.807, 2.05) is 30.3 Å². The normalized spacial score (nSPS) is 38.8. The number of hydrogen-bond acceptors (Lipinski definition) is 4. The third-order valence-corrected chi connectivity index (χ3v) is 6.67. The van der Waals surface area contributed by atoms with Crippen LogP contribution in [0.4, 0.5) is 5.69 Å². The van der Waals surface area contributed by atoms with Gasteiger partial charge in [0.1, 0.15) is 0 Å². The zero-order chi connectivity index (χ0) is 16.3. The van der Waals surface area contributed by atoms with Gasteiger partial charge < -0.3 is 4.74 Å². The molecule has 0 aromatic heterocycles. The van der Waals surface area contributed by atoms with Gasteiger partial charge in [0.2, 0.25) is 11.8 Å². The summed E-state index contributed by atoms with van der Waals surface area (Å²) in [6.45, 7) is 3.23. The Morgan fingerprint density at radius 2 is 1.79 bits per heavy atom. The summed E-state index contributed by atoms with van der Waals surface area (Å²) in [7, 11) is 0. The molecule has 2 heterocycles. The molecule has 2 saturated carbocycles. The molecular weight excluding hydrogens is 304 g/mol. The van der Waals surface area contributed by atoms with Gasteiger partial charge in [-0.1, -0.05) is 24.6 Å². The molecule has 5 rings (SSSR count). The third-order valence-electron chi connectivity index (χ3n) is 6.67. The SMILES string of the molecule is O=C1C2C3CCCC3(N3CCOCC3)C2C(=O)N1c1ccccc1. The number of rotatable bonds is 2. The molecule has 4 aliphatic rings. The first-order chi connectivity index (χ1) is 11.7. The molecular formula is C19H22N2O3. The van der Waals surface area contributed by atoms with Gasteiger partial charge in [0.25, 0.3) is 0 Å². The van der Waals surface area contributed by atoms with Crippen LogP contribution >= 0.6 is 0 Å². The minimum Gasteiger partial charge on any atom is -0.379 e. The number of ether oxygens (including phenoxy) is 1. The van der Waals surface area contributed by atoms with E-state index < -0.39 is 0 Å². The molecule has 4 unspecified atom stereocenters. The van der Waals surface area contributed by atoms with Gasteiger partial charge in [-0.2, -0.15) is 0 Å². The number of carbonyl (C=O) groups excluding carboxylic acids is 2. The number of imide groups is 1. The predicted octanol–water partition coefficient (Wildman–Crippen LogP) is 1.68. The van der Waals surface area contributed by atoms with Gasteiger partial charge >= 0.3 is 0 Å². The third kappa shape index (κ3) is 1.67. The highest BCUT2D eigenvalue weighted by atomic mass is 16.5. The second-order valence-corrected chi connectivity index (χ2v) is 7.44. The van der Waals surface area contributed by atoms with Crippen molar-refractivity contribution in [2.45, 2.75) is 24.8 Å². The summed E-state index contributed by atoms with van der Waals surface area (Å²) in [6.07, 6.45) is 3.24. The quantitative estimate of drug-likeness (QED) is 0.776. The molecule has 1 aromatic carbocycles. The lowest BCUT2D eigenvalue weighted by Gasteiger charge is -2.59. The molecule has 2 aliphatic heterocycles. The number of para-hydroxylation sites is 1. The molecule has 1 aromatic rings. The summed E-state index contributed by atoms with van der Waals surface area (Å²) in [5.74, 6) is 0.109. The van der Waals surface area contributed by atoms with Crippen LogP contribution in [-0.2, 0) is 14.3 Å². The first-order valence-corrected chi connectivity index (χ1v) is 9.01. The van der Waals surface area contributed by atoms with Crippen molar-refractivity contribution < 1.29 is 14.3 Å². The highest BCUT2D eigenvalue weighted by molar-refractivity contribution is 6.23. The maximum absolute atomic E-state index is 13.2. The highest BCUT2D eigenvalue weighted by Gasteiger charge is 2.75. The molecule has 5 heteroatoms. The molecule has 0 bridgehead atoms. The van der Waals surface area contributed by atoms with Crippen LogP contribution in [0.25, 0.3) is 0 Å². The van der Waals surface area contributed by atoms with Gasteiger partial charge in [0.05, 0.1) is 30.7 Å². The minimum absolute atomic E-state index is 0.0147. The fourth-order valence-electron chi connectivity index (χ4n) is 5.82. The summed E-state index contributed by atoms with van der Waals surface area (Å²) >= 11 is 0. The van der Waals surface area contributed by atoms with E-state index in [0.717, 1.165) is 51.3 Å². The minimum atomic E-state index is -0.157. The molecule has 2 aliphatic carbocycles. The van der Waals surface area contributed by atoms with Crippen LogP contribution in [0.5, 0.6) is 0 Å². The lowest BCUT2D eigenvalue weighted by Crippen LogP contribution is -2.71. The van der Waals surface area contributed by atoms with Crippen molar-refractivity contribution in [3.05, 3.63) is 30.3 Å². The summed E-state index contributed by atoms with van der Waals surface area (Å²) in [5, 5.41) is 0. The highest BCUT2D eigenvalue weighted by Crippen LogP contribution is 2.64. The maximum Gasteiger partial charge on any atom is 0.239 e. The molecule has 126 valence electrons. The Bertz CT molecular complexity index is 685. The van der Waals surface area contributed by atoms with E-state index >= 15 is 0 Å². The molecule has 2 amide bonds. The summed E-state index contributed by atoms with van der Waals surface area (Å²) in [4.78, 5) is 30.1. The van der Waals surface area contributed by atoms with E-state index in [1.54, 1.807) is 0 Å². The van der Waals surface area contributed by atoms with Crippen LogP contribution in [0.15, 0.2) is 30.3 Å². The number of benzene rings is 1. The van der Waals surface area contributed by atoms with E-state index in [-0.39, 0.29) is 29.2 Å². The fourth-order valence-corrected chi connectivity index (χ4v) is 5.82. The number of carbonyl (C=O) groups is 2. The Balaban J connectivity index is 1.53. The van der Waals surface area contributed by atoms with E-state index in [2.05, 4.69) is 4.90 Å². The Labute approximate surface area is 141 Å². The first kappa shape index (κ1) is 14.6. The fraction of sp³-hybridized carbons (Fsp3) is 0.579. The Kier molecular flexibility index (Phi) is 3.13. The molecule has 24 heavy (non-hydrogen) atoms. The van der Waals surface area contributed by atoms with Crippen molar-refractivity contribution in [2.24, 2.45) is 17.8 Å². The lowest BCUT2D eigenvalue weighted by molar-refractivity contribution is -0.167. The summed E-state index contributed by atoms with van der Waals surface area (Å²) < 4.78 is 5.51. The van der Waals surface area contributed by atoms with Gasteiger partial charge in [-0.15, -0.1) is 0 Å². The predicted molar refractivity (Wildman–Crippen MR) is 88.4 cm³/mol. The lowest BCUT2D eigenvalue weighted by atomic mass is 9.53. The van der Waals surface area contributed by atoms with E-state index in [4.69, 9.17) is 4.74 Å². The zero-order valence-electron chi connectivity index (χ0n) is 13.7. The molecule has 0 spiro atoms. The van der Waals surface area contributed by atoms with Crippen molar-refractivity contribution in [2.75, 3.05) is 31.2 Å². The van der Waals surface area contributed by atoms with Crippen LogP contribution in [0.2, 0.25) is 0 Å². The maximum atomic E-state index is 13.2. The first-order valence-electron chi connectivity index (χ1n) is 9.01. The molecule has 0 radical (unpaired) electrons. The average molecular weight is 326 g/mol.